The first kappa shape index (κ1) is 19.7. The second kappa shape index (κ2) is 8.39. The molecule has 3 fully saturated rings. The minimum Gasteiger partial charge on any atom is -0.376 e. The van der Waals surface area contributed by atoms with Gasteiger partial charge in [-0.05, 0) is 56.7 Å². The fourth-order valence-electron chi connectivity index (χ4n) is 4.57. The highest BCUT2D eigenvalue weighted by molar-refractivity contribution is 6.31. The molecule has 1 spiro atoms. The van der Waals surface area contributed by atoms with Gasteiger partial charge in [-0.15, -0.1) is 0 Å². The number of rotatable bonds is 4. The van der Waals surface area contributed by atoms with Crippen molar-refractivity contribution in [1.29, 1.82) is 0 Å². The highest BCUT2D eigenvalue weighted by atomic mass is 35.5. The van der Waals surface area contributed by atoms with Crippen molar-refractivity contribution in [3.8, 4) is 0 Å². The van der Waals surface area contributed by atoms with Crippen molar-refractivity contribution in [1.82, 2.24) is 10.2 Å². The topological polar surface area (TPSA) is 67.9 Å². The molecule has 28 heavy (non-hydrogen) atoms. The lowest BCUT2D eigenvalue weighted by molar-refractivity contribution is -0.127. The summed E-state index contributed by atoms with van der Waals surface area (Å²) in [6.07, 6.45) is 6.66. The van der Waals surface area contributed by atoms with E-state index in [1.54, 1.807) is 29.2 Å². The van der Waals surface area contributed by atoms with Crippen molar-refractivity contribution in [3.63, 3.8) is 0 Å². The third kappa shape index (κ3) is 3.91. The lowest BCUT2D eigenvalue weighted by atomic mass is 9.89. The van der Waals surface area contributed by atoms with Crippen LogP contribution >= 0.6 is 11.6 Å². The van der Waals surface area contributed by atoms with E-state index in [1.807, 2.05) is 0 Å². The van der Waals surface area contributed by atoms with Gasteiger partial charge in [-0.25, -0.2) is 0 Å². The van der Waals surface area contributed by atoms with Gasteiger partial charge in [0.25, 0.3) is 5.91 Å². The van der Waals surface area contributed by atoms with Crippen LogP contribution in [0.4, 0.5) is 0 Å². The zero-order valence-electron chi connectivity index (χ0n) is 16.0. The number of hydrogen-bond donors (Lipinski definition) is 1. The molecule has 2 amide bonds. The van der Waals surface area contributed by atoms with Gasteiger partial charge >= 0.3 is 0 Å². The van der Waals surface area contributed by atoms with Gasteiger partial charge in [0, 0.05) is 23.7 Å². The molecule has 2 saturated heterocycles. The summed E-state index contributed by atoms with van der Waals surface area (Å²) in [4.78, 5) is 28.1. The molecular formula is C21H27ClN2O4. The van der Waals surface area contributed by atoms with E-state index in [9.17, 15) is 9.59 Å². The Kier molecular flexibility index (Phi) is 5.90. The Balaban J connectivity index is 1.55. The predicted molar refractivity (Wildman–Crippen MR) is 105 cm³/mol. The van der Waals surface area contributed by atoms with Crippen LogP contribution < -0.4 is 5.32 Å². The van der Waals surface area contributed by atoms with E-state index in [4.69, 9.17) is 21.1 Å². The summed E-state index contributed by atoms with van der Waals surface area (Å²) in [6.45, 7) is 1.45. The van der Waals surface area contributed by atoms with E-state index < -0.39 is 11.8 Å². The molecular weight excluding hydrogens is 380 g/mol. The number of nitrogens with one attached hydrogen (secondary N) is 1. The van der Waals surface area contributed by atoms with Crippen LogP contribution in [-0.4, -0.2) is 54.3 Å². The van der Waals surface area contributed by atoms with E-state index in [0.717, 1.165) is 51.6 Å². The Bertz CT molecular complexity index is 729. The molecule has 1 aliphatic carbocycles. The third-order valence-electron chi connectivity index (χ3n) is 6.02. The average molecular weight is 407 g/mol. The zero-order valence-corrected chi connectivity index (χ0v) is 16.7. The highest BCUT2D eigenvalue weighted by Crippen LogP contribution is 2.41. The first-order chi connectivity index (χ1) is 13.6. The summed E-state index contributed by atoms with van der Waals surface area (Å²) in [5, 5.41) is 3.48. The Hall–Kier alpha value is -1.63. The molecule has 7 heteroatoms. The summed E-state index contributed by atoms with van der Waals surface area (Å²) < 4.78 is 11.7. The number of hydrogen-bond acceptors (Lipinski definition) is 4. The molecule has 4 rings (SSSR count). The van der Waals surface area contributed by atoms with Crippen molar-refractivity contribution in [2.24, 2.45) is 0 Å². The first-order valence-corrected chi connectivity index (χ1v) is 10.6. The minimum atomic E-state index is -0.691. The zero-order chi connectivity index (χ0) is 19.6. The Morgan fingerprint density at radius 1 is 1.21 bits per heavy atom. The summed E-state index contributed by atoms with van der Waals surface area (Å²) >= 11 is 6.10. The van der Waals surface area contributed by atoms with Crippen LogP contribution in [0, 0.1) is 0 Å². The molecule has 0 unspecified atom stereocenters. The molecule has 3 aliphatic rings. The number of carbonyl (C=O) groups is 2. The van der Waals surface area contributed by atoms with Gasteiger partial charge in [0.1, 0.15) is 11.8 Å². The van der Waals surface area contributed by atoms with E-state index in [-0.39, 0.29) is 24.5 Å². The second-order valence-corrected chi connectivity index (χ2v) is 8.34. The average Bonchev–Trinajstić information content (AvgIpc) is 3.35. The SMILES string of the molecule is O=C(NC[C@@H]1CCCO1)[C@@H]1COC2(CCCCC2)N1C(=O)c1cccc(Cl)c1. The fraction of sp³-hybridized carbons (Fsp3) is 0.619. The largest absolute Gasteiger partial charge is 0.376 e. The third-order valence-corrected chi connectivity index (χ3v) is 6.25. The van der Waals surface area contributed by atoms with Crippen molar-refractivity contribution in [2.75, 3.05) is 19.8 Å². The summed E-state index contributed by atoms with van der Waals surface area (Å²) in [5.74, 6) is -0.368. The summed E-state index contributed by atoms with van der Waals surface area (Å²) in [5.41, 5.74) is -0.205. The minimum absolute atomic E-state index is 0.0620. The standard InChI is InChI=1S/C21H27ClN2O4/c22-16-7-4-6-15(12-16)20(26)24-18(14-28-21(24)9-2-1-3-10-21)19(25)23-13-17-8-5-11-27-17/h4,6-7,12,17-18H,1-3,5,8-11,13-14H2,(H,23,25)/t17-,18-/m0/s1. The van der Waals surface area contributed by atoms with Gasteiger partial charge in [-0.1, -0.05) is 24.1 Å². The van der Waals surface area contributed by atoms with Crippen molar-refractivity contribution in [2.45, 2.75) is 62.8 Å². The molecule has 1 aromatic carbocycles. The number of benzene rings is 1. The maximum atomic E-state index is 13.4. The molecule has 2 heterocycles. The van der Waals surface area contributed by atoms with Crippen LogP contribution in [0.1, 0.15) is 55.3 Å². The van der Waals surface area contributed by atoms with Crippen molar-refractivity contribution in [3.05, 3.63) is 34.9 Å². The van der Waals surface area contributed by atoms with E-state index in [2.05, 4.69) is 5.32 Å². The second-order valence-electron chi connectivity index (χ2n) is 7.90. The molecule has 0 aromatic heterocycles. The van der Waals surface area contributed by atoms with Crippen LogP contribution in [0.5, 0.6) is 0 Å². The monoisotopic (exact) mass is 406 g/mol. The van der Waals surface area contributed by atoms with Gasteiger partial charge in [0.15, 0.2) is 0 Å². The number of amides is 2. The Labute approximate surface area is 170 Å². The van der Waals surface area contributed by atoms with E-state index in [1.165, 1.54) is 0 Å². The molecule has 2 aliphatic heterocycles. The van der Waals surface area contributed by atoms with Gasteiger partial charge < -0.3 is 14.8 Å². The van der Waals surface area contributed by atoms with Crippen molar-refractivity contribution < 1.29 is 19.1 Å². The van der Waals surface area contributed by atoms with Gasteiger partial charge in [-0.3, -0.25) is 14.5 Å². The number of nitrogens with zero attached hydrogens (tertiary/aromatic N) is 1. The molecule has 1 N–H and O–H groups in total. The van der Waals surface area contributed by atoms with Crippen LogP contribution in [0.2, 0.25) is 5.02 Å². The molecule has 2 atom stereocenters. The molecule has 0 bridgehead atoms. The number of halogens is 1. The van der Waals surface area contributed by atoms with E-state index in [0.29, 0.717) is 17.1 Å². The maximum absolute atomic E-state index is 13.4. The molecule has 0 radical (unpaired) electrons. The summed E-state index contributed by atoms with van der Waals surface area (Å²) in [6, 6.07) is 6.25. The number of carbonyl (C=O) groups excluding carboxylic acids is 2. The van der Waals surface area contributed by atoms with Crippen molar-refractivity contribution >= 4 is 23.4 Å². The van der Waals surface area contributed by atoms with Gasteiger partial charge in [0.05, 0.1) is 12.7 Å². The summed E-state index contributed by atoms with van der Waals surface area (Å²) in [7, 11) is 0. The lowest BCUT2D eigenvalue weighted by Gasteiger charge is -2.41. The Morgan fingerprint density at radius 2 is 2.04 bits per heavy atom. The predicted octanol–water partition coefficient (Wildman–Crippen LogP) is 3.14. The van der Waals surface area contributed by atoms with Crippen LogP contribution in [0.15, 0.2) is 24.3 Å². The van der Waals surface area contributed by atoms with E-state index >= 15 is 0 Å². The van der Waals surface area contributed by atoms with Gasteiger partial charge in [-0.2, -0.15) is 0 Å². The molecule has 1 aromatic rings. The Morgan fingerprint density at radius 3 is 2.75 bits per heavy atom. The number of ether oxygens (including phenoxy) is 2. The smallest absolute Gasteiger partial charge is 0.256 e. The molecule has 1 saturated carbocycles. The normalized spacial score (nSPS) is 26.5. The fourth-order valence-corrected chi connectivity index (χ4v) is 4.76. The van der Waals surface area contributed by atoms with Crippen LogP contribution in [-0.2, 0) is 14.3 Å². The molecule has 6 nitrogen and oxygen atoms in total. The van der Waals surface area contributed by atoms with Gasteiger partial charge in [0.2, 0.25) is 5.91 Å². The first-order valence-electron chi connectivity index (χ1n) is 10.2. The maximum Gasteiger partial charge on any atom is 0.256 e. The van der Waals surface area contributed by atoms with Crippen LogP contribution in [0.25, 0.3) is 0 Å². The van der Waals surface area contributed by atoms with Crippen LogP contribution in [0.3, 0.4) is 0 Å². The highest BCUT2D eigenvalue weighted by Gasteiger charge is 2.53. The lowest BCUT2D eigenvalue weighted by Crippen LogP contribution is -2.56. The molecule has 152 valence electrons. The quantitative estimate of drug-likeness (QED) is 0.834.